The first-order chi connectivity index (χ1) is 18.5. The van der Waals surface area contributed by atoms with Crippen molar-refractivity contribution in [3.05, 3.63) is 96.6 Å². The van der Waals surface area contributed by atoms with Crippen LogP contribution in [-0.2, 0) is 6.54 Å². The summed E-state index contributed by atoms with van der Waals surface area (Å²) in [5, 5.41) is 18.9. The molecule has 4 aromatic rings. The Labute approximate surface area is 221 Å². The zero-order chi connectivity index (χ0) is 26.5. The van der Waals surface area contributed by atoms with Crippen LogP contribution < -0.4 is 20.9 Å². The Morgan fingerprint density at radius 2 is 1.53 bits per heavy atom. The maximum Gasteiger partial charge on any atom is 0.272 e. The van der Waals surface area contributed by atoms with Crippen LogP contribution in [0, 0.1) is 5.82 Å². The van der Waals surface area contributed by atoms with Crippen molar-refractivity contribution in [1.82, 2.24) is 4.57 Å². The second-order valence-corrected chi connectivity index (χ2v) is 9.42. The Bertz CT molecular complexity index is 1380. The van der Waals surface area contributed by atoms with Crippen molar-refractivity contribution in [3.63, 3.8) is 0 Å². The molecule has 1 saturated heterocycles. The number of aliphatic hydroxyl groups is 1. The summed E-state index contributed by atoms with van der Waals surface area (Å²) < 4.78 is 16.7. The van der Waals surface area contributed by atoms with Crippen LogP contribution in [0.5, 0.6) is 0 Å². The SMILES string of the molecule is CCn1cccc1C(=O)Nc1ccc(Nc2ccc(Nc3ccc(N4CCC(O)CC4)cc3)cc2F)cc1. The van der Waals surface area contributed by atoms with E-state index in [0.29, 0.717) is 28.4 Å². The molecule has 1 aliphatic heterocycles. The Morgan fingerprint density at radius 3 is 2.21 bits per heavy atom. The van der Waals surface area contributed by atoms with E-state index in [1.807, 2.05) is 54.1 Å². The minimum absolute atomic E-state index is 0.173. The van der Waals surface area contributed by atoms with Gasteiger partial charge in [-0.1, -0.05) is 0 Å². The van der Waals surface area contributed by atoms with E-state index >= 15 is 0 Å². The maximum atomic E-state index is 14.9. The van der Waals surface area contributed by atoms with E-state index in [2.05, 4.69) is 20.9 Å². The molecule has 0 radical (unpaired) electrons. The first-order valence-corrected chi connectivity index (χ1v) is 12.9. The van der Waals surface area contributed by atoms with Crippen molar-refractivity contribution in [2.24, 2.45) is 0 Å². The molecule has 1 aromatic heterocycles. The number of aliphatic hydroxyl groups excluding tert-OH is 1. The van der Waals surface area contributed by atoms with E-state index < -0.39 is 0 Å². The van der Waals surface area contributed by atoms with Crippen LogP contribution in [0.1, 0.15) is 30.3 Å². The monoisotopic (exact) mass is 513 g/mol. The van der Waals surface area contributed by atoms with Gasteiger partial charge in [-0.05, 0) is 98.6 Å². The molecular weight excluding hydrogens is 481 g/mol. The predicted octanol–water partition coefficient (Wildman–Crippen LogP) is 6.35. The highest BCUT2D eigenvalue weighted by Crippen LogP contribution is 2.27. The van der Waals surface area contributed by atoms with Crippen LogP contribution >= 0.6 is 0 Å². The normalized spacial score (nSPS) is 13.8. The highest BCUT2D eigenvalue weighted by atomic mass is 19.1. The number of aryl methyl sites for hydroxylation is 1. The Balaban J connectivity index is 1.17. The molecule has 7 nitrogen and oxygen atoms in total. The van der Waals surface area contributed by atoms with Gasteiger partial charge in [0.2, 0.25) is 0 Å². The summed E-state index contributed by atoms with van der Waals surface area (Å²) in [6, 6.07) is 23.8. The van der Waals surface area contributed by atoms with E-state index in [4.69, 9.17) is 0 Å². The van der Waals surface area contributed by atoms with Crippen molar-refractivity contribution >= 4 is 40.0 Å². The fraction of sp³-hybridized carbons (Fsp3) is 0.233. The minimum Gasteiger partial charge on any atom is -0.393 e. The van der Waals surface area contributed by atoms with Gasteiger partial charge in [0.25, 0.3) is 5.91 Å². The summed E-state index contributed by atoms with van der Waals surface area (Å²) in [4.78, 5) is 14.8. The number of piperidine rings is 1. The second kappa shape index (κ2) is 11.4. The Morgan fingerprint density at radius 1 is 0.895 bits per heavy atom. The standard InChI is InChI=1S/C30H32FN5O2/c1-2-35-17-3-4-29(35)30(38)34-23-7-5-22(6-8-23)33-28-14-11-24(20-27(28)31)32-21-9-12-25(13-10-21)36-18-15-26(37)16-19-36/h3-14,17,20,26,32-33,37H,2,15-16,18-19H2,1H3,(H,34,38). The highest BCUT2D eigenvalue weighted by molar-refractivity contribution is 6.03. The van der Waals surface area contributed by atoms with Crippen molar-refractivity contribution in [2.75, 3.05) is 33.9 Å². The van der Waals surface area contributed by atoms with Crippen LogP contribution in [0.2, 0.25) is 0 Å². The zero-order valence-corrected chi connectivity index (χ0v) is 21.3. The molecule has 1 fully saturated rings. The van der Waals surface area contributed by atoms with Gasteiger partial charge in [0, 0.05) is 54.3 Å². The van der Waals surface area contributed by atoms with Gasteiger partial charge in [-0.3, -0.25) is 4.79 Å². The number of hydrogen-bond donors (Lipinski definition) is 4. The fourth-order valence-corrected chi connectivity index (χ4v) is 4.62. The van der Waals surface area contributed by atoms with E-state index in [-0.39, 0.29) is 17.8 Å². The van der Waals surface area contributed by atoms with Gasteiger partial charge in [0.1, 0.15) is 11.5 Å². The van der Waals surface area contributed by atoms with Crippen LogP contribution in [0.15, 0.2) is 85.1 Å². The molecule has 5 rings (SSSR count). The van der Waals surface area contributed by atoms with Crippen LogP contribution in [-0.4, -0.2) is 34.8 Å². The summed E-state index contributed by atoms with van der Waals surface area (Å²) in [5.74, 6) is -0.552. The molecule has 4 N–H and O–H groups in total. The largest absolute Gasteiger partial charge is 0.393 e. The maximum absolute atomic E-state index is 14.9. The molecule has 0 bridgehead atoms. The summed E-state index contributed by atoms with van der Waals surface area (Å²) in [6.45, 7) is 4.40. The third kappa shape index (κ3) is 5.98. The molecule has 1 amide bonds. The number of nitrogens with one attached hydrogen (secondary N) is 3. The molecule has 3 aromatic carbocycles. The van der Waals surface area contributed by atoms with Gasteiger partial charge in [-0.15, -0.1) is 0 Å². The van der Waals surface area contributed by atoms with Gasteiger partial charge in [0.05, 0.1) is 11.8 Å². The van der Waals surface area contributed by atoms with Crippen LogP contribution in [0.3, 0.4) is 0 Å². The topological polar surface area (TPSA) is 81.6 Å². The lowest BCUT2D eigenvalue weighted by molar-refractivity contribution is 0.101. The van der Waals surface area contributed by atoms with Crippen LogP contribution in [0.4, 0.5) is 38.5 Å². The van der Waals surface area contributed by atoms with Crippen molar-refractivity contribution in [3.8, 4) is 0 Å². The summed E-state index contributed by atoms with van der Waals surface area (Å²) in [5.41, 5.74) is 4.97. The molecule has 0 atom stereocenters. The smallest absolute Gasteiger partial charge is 0.272 e. The first-order valence-electron chi connectivity index (χ1n) is 12.9. The Hall–Kier alpha value is -4.30. The van der Waals surface area contributed by atoms with E-state index in [0.717, 1.165) is 43.9 Å². The number of amides is 1. The third-order valence-corrected chi connectivity index (χ3v) is 6.78. The first kappa shape index (κ1) is 25.4. The van der Waals surface area contributed by atoms with Gasteiger partial charge >= 0.3 is 0 Å². The molecule has 8 heteroatoms. The van der Waals surface area contributed by atoms with Gasteiger partial charge in [-0.25, -0.2) is 4.39 Å². The van der Waals surface area contributed by atoms with Crippen molar-refractivity contribution in [2.45, 2.75) is 32.4 Å². The molecule has 0 spiro atoms. The van der Waals surface area contributed by atoms with Gasteiger partial charge in [0.15, 0.2) is 0 Å². The summed E-state index contributed by atoms with van der Waals surface area (Å²) in [7, 11) is 0. The molecular formula is C30H32FN5O2. The third-order valence-electron chi connectivity index (χ3n) is 6.78. The number of aromatic nitrogens is 1. The predicted molar refractivity (Wildman–Crippen MR) is 151 cm³/mol. The molecule has 196 valence electrons. The molecule has 38 heavy (non-hydrogen) atoms. The number of nitrogens with zero attached hydrogens (tertiary/aromatic N) is 2. The second-order valence-electron chi connectivity index (χ2n) is 9.42. The van der Waals surface area contributed by atoms with Crippen LogP contribution in [0.25, 0.3) is 0 Å². The average molecular weight is 514 g/mol. The van der Waals surface area contributed by atoms with Crippen molar-refractivity contribution < 1.29 is 14.3 Å². The number of carbonyl (C=O) groups is 1. The molecule has 0 aliphatic carbocycles. The fourth-order valence-electron chi connectivity index (χ4n) is 4.62. The molecule has 0 unspecified atom stereocenters. The number of benzene rings is 3. The molecule has 0 saturated carbocycles. The van der Waals surface area contributed by atoms with Crippen molar-refractivity contribution in [1.29, 1.82) is 0 Å². The number of anilines is 6. The quantitative estimate of drug-likeness (QED) is 0.221. The average Bonchev–Trinajstić information content (AvgIpc) is 3.42. The highest BCUT2D eigenvalue weighted by Gasteiger charge is 2.17. The number of rotatable bonds is 8. The number of halogens is 1. The summed E-state index contributed by atoms with van der Waals surface area (Å²) in [6.07, 6.45) is 3.25. The lowest BCUT2D eigenvalue weighted by Gasteiger charge is -2.31. The zero-order valence-electron chi connectivity index (χ0n) is 21.3. The molecule has 1 aliphatic rings. The molecule has 2 heterocycles. The van der Waals surface area contributed by atoms with E-state index in [1.165, 1.54) is 6.07 Å². The van der Waals surface area contributed by atoms with E-state index in [9.17, 15) is 14.3 Å². The number of carbonyl (C=O) groups excluding carboxylic acids is 1. The number of hydrogen-bond acceptors (Lipinski definition) is 5. The van der Waals surface area contributed by atoms with Gasteiger partial charge < -0.3 is 30.5 Å². The summed E-state index contributed by atoms with van der Waals surface area (Å²) >= 11 is 0. The Kier molecular flexibility index (Phi) is 7.60. The van der Waals surface area contributed by atoms with Gasteiger partial charge in [-0.2, -0.15) is 0 Å². The lowest BCUT2D eigenvalue weighted by Crippen LogP contribution is -2.35. The van der Waals surface area contributed by atoms with E-state index in [1.54, 1.807) is 36.4 Å². The minimum atomic E-state index is -0.379. The lowest BCUT2D eigenvalue weighted by atomic mass is 10.1.